The first kappa shape index (κ1) is 16.5. The van der Waals surface area contributed by atoms with E-state index in [9.17, 15) is 4.79 Å². The highest BCUT2D eigenvalue weighted by Gasteiger charge is 2.21. The van der Waals surface area contributed by atoms with Gasteiger partial charge in [0.15, 0.2) is 0 Å². The largest absolute Gasteiger partial charge is 0.497 e. The Hall–Kier alpha value is -2.34. The van der Waals surface area contributed by atoms with Crippen molar-refractivity contribution in [3.63, 3.8) is 0 Å². The Bertz CT molecular complexity index is 711. The molecule has 1 N–H and O–H groups in total. The third-order valence-corrected chi connectivity index (χ3v) is 4.11. The predicted molar refractivity (Wildman–Crippen MR) is 89.9 cm³/mol. The van der Waals surface area contributed by atoms with Gasteiger partial charge < -0.3 is 19.4 Å². The number of amides is 1. The molecule has 6 nitrogen and oxygen atoms in total. The van der Waals surface area contributed by atoms with E-state index in [1.54, 1.807) is 7.11 Å². The fraction of sp³-hybridized carbons (Fsp3) is 0.444. The van der Waals surface area contributed by atoms with E-state index in [2.05, 4.69) is 14.9 Å². The van der Waals surface area contributed by atoms with Crippen LogP contribution in [0, 0.1) is 6.92 Å². The smallest absolute Gasteiger partial charge is 0.246 e. The number of aryl methyl sites for hydroxylation is 2. The van der Waals surface area contributed by atoms with Crippen LogP contribution >= 0.6 is 0 Å². The molecule has 1 amide bonds. The number of rotatable bonds is 6. The number of ether oxygens (including phenoxy) is 2. The number of benzene rings is 1. The van der Waals surface area contributed by atoms with Crippen LogP contribution < -0.4 is 10.1 Å². The Kier molecular flexibility index (Phi) is 5.15. The minimum atomic E-state index is -0.0804. The molecule has 1 atom stereocenters. The quantitative estimate of drug-likeness (QED) is 0.878. The lowest BCUT2D eigenvalue weighted by atomic mass is 10.1. The van der Waals surface area contributed by atoms with Gasteiger partial charge in [-0.05, 0) is 31.0 Å². The van der Waals surface area contributed by atoms with Crippen LogP contribution in [0.25, 0.3) is 0 Å². The van der Waals surface area contributed by atoms with Crippen LogP contribution in [0.3, 0.4) is 0 Å². The minimum Gasteiger partial charge on any atom is -0.497 e. The molecule has 0 saturated heterocycles. The van der Waals surface area contributed by atoms with Gasteiger partial charge in [-0.15, -0.1) is 0 Å². The van der Waals surface area contributed by atoms with Gasteiger partial charge in [0.2, 0.25) is 5.91 Å². The van der Waals surface area contributed by atoms with E-state index in [1.807, 2.05) is 37.4 Å². The molecular weight excluding hydrogens is 306 g/mol. The van der Waals surface area contributed by atoms with Crippen LogP contribution in [0.4, 0.5) is 0 Å². The number of methoxy groups -OCH3 is 1. The molecule has 0 fully saturated rings. The first-order valence-corrected chi connectivity index (χ1v) is 8.16. The second-order valence-electron chi connectivity index (χ2n) is 6.10. The van der Waals surface area contributed by atoms with E-state index in [0.29, 0.717) is 6.61 Å². The van der Waals surface area contributed by atoms with Crippen LogP contribution in [0.5, 0.6) is 5.75 Å². The Morgan fingerprint density at radius 1 is 1.46 bits per heavy atom. The molecule has 1 aromatic heterocycles. The molecule has 0 unspecified atom stereocenters. The van der Waals surface area contributed by atoms with E-state index >= 15 is 0 Å². The van der Waals surface area contributed by atoms with Crippen molar-refractivity contribution in [2.24, 2.45) is 0 Å². The van der Waals surface area contributed by atoms with Gasteiger partial charge in [0.05, 0.1) is 19.4 Å². The van der Waals surface area contributed by atoms with Crippen molar-refractivity contribution in [2.75, 3.05) is 13.7 Å². The molecule has 24 heavy (non-hydrogen) atoms. The summed E-state index contributed by atoms with van der Waals surface area (Å²) in [7, 11) is 1.63. The highest BCUT2D eigenvalue weighted by Crippen LogP contribution is 2.15. The van der Waals surface area contributed by atoms with Crippen LogP contribution in [-0.2, 0) is 29.1 Å². The molecule has 128 valence electrons. The van der Waals surface area contributed by atoms with Crippen LogP contribution in [0.2, 0.25) is 0 Å². The number of aromatic nitrogens is 2. The molecule has 2 aromatic rings. The summed E-state index contributed by atoms with van der Waals surface area (Å²) in [6, 6.07) is 7.78. The molecule has 1 aliphatic rings. The third-order valence-electron chi connectivity index (χ3n) is 4.11. The summed E-state index contributed by atoms with van der Waals surface area (Å²) in [5, 5.41) is 3.04. The molecule has 1 aromatic carbocycles. The maximum absolute atomic E-state index is 12.1. The van der Waals surface area contributed by atoms with Crippen molar-refractivity contribution >= 4 is 5.91 Å². The highest BCUT2D eigenvalue weighted by atomic mass is 16.5. The van der Waals surface area contributed by atoms with Gasteiger partial charge in [0, 0.05) is 25.2 Å². The Labute approximate surface area is 141 Å². The lowest BCUT2D eigenvalue weighted by Gasteiger charge is -2.24. The van der Waals surface area contributed by atoms with Gasteiger partial charge in [-0.2, -0.15) is 0 Å². The summed E-state index contributed by atoms with van der Waals surface area (Å²) >= 11 is 0. The SMILES string of the molecule is COc1cccc(COCC(=O)N[C@@H]2CCc3nc(C)cn3C2)c1. The molecule has 6 heteroatoms. The van der Waals surface area contributed by atoms with Gasteiger partial charge in [-0.1, -0.05) is 12.1 Å². The fourth-order valence-corrected chi connectivity index (χ4v) is 3.00. The maximum Gasteiger partial charge on any atom is 0.246 e. The summed E-state index contributed by atoms with van der Waals surface area (Å²) in [6.07, 6.45) is 3.84. The summed E-state index contributed by atoms with van der Waals surface area (Å²) < 4.78 is 12.8. The first-order chi connectivity index (χ1) is 11.6. The number of carbonyl (C=O) groups is 1. The Morgan fingerprint density at radius 3 is 3.17 bits per heavy atom. The number of imidazole rings is 1. The van der Waals surface area contributed by atoms with E-state index in [1.165, 1.54) is 0 Å². The fourth-order valence-electron chi connectivity index (χ4n) is 3.00. The summed E-state index contributed by atoms with van der Waals surface area (Å²) in [6.45, 7) is 3.22. The molecule has 3 rings (SSSR count). The maximum atomic E-state index is 12.1. The number of nitrogens with zero attached hydrogens (tertiary/aromatic N) is 2. The van der Waals surface area contributed by atoms with Crippen molar-refractivity contribution in [1.82, 2.24) is 14.9 Å². The Morgan fingerprint density at radius 2 is 2.33 bits per heavy atom. The van der Waals surface area contributed by atoms with E-state index in [0.717, 1.165) is 42.2 Å². The molecule has 0 radical (unpaired) electrons. The highest BCUT2D eigenvalue weighted by molar-refractivity contribution is 5.77. The number of fused-ring (bicyclic) bond motifs is 1. The zero-order valence-electron chi connectivity index (χ0n) is 14.1. The van der Waals surface area contributed by atoms with Crippen molar-refractivity contribution in [3.8, 4) is 5.75 Å². The van der Waals surface area contributed by atoms with E-state index in [4.69, 9.17) is 9.47 Å². The number of nitrogens with one attached hydrogen (secondary N) is 1. The van der Waals surface area contributed by atoms with Crippen molar-refractivity contribution in [3.05, 3.63) is 47.5 Å². The number of hydrogen-bond donors (Lipinski definition) is 1. The van der Waals surface area contributed by atoms with Gasteiger partial charge in [-0.25, -0.2) is 4.98 Å². The van der Waals surface area contributed by atoms with Crippen molar-refractivity contribution in [2.45, 2.75) is 39.0 Å². The van der Waals surface area contributed by atoms with Gasteiger partial charge in [-0.3, -0.25) is 4.79 Å². The van der Waals surface area contributed by atoms with Gasteiger partial charge in [0.25, 0.3) is 0 Å². The standard InChI is InChI=1S/C18H23N3O3/c1-13-9-21-10-15(6-7-17(21)19-13)20-18(22)12-24-11-14-4-3-5-16(8-14)23-2/h3-5,8-9,15H,6-7,10-12H2,1-2H3,(H,20,22)/t15-/m1/s1. The average molecular weight is 329 g/mol. The van der Waals surface area contributed by atoms with Crippen LogP contribution in [0.1, 0.15) is 23.5 Å². The molecule has 0 aliphatic carbocycles. The molecular formula is C18H23N3O3. The number of carbonyl (C=O) groups excluding carboxylic acids is 1. The monoisotopic (exact) mass is 329 g/mol. The zero-order chi connectivity index (χ0) is 16.9. The molecule has 0 saturated carbocycles. The lowest BCUT2D eigenvalue weighted by Crippen LogP contribution is -2.42. The second-order valence-corrected chi connectivity index (χ2v) is 6.10. The molecule has 0 bridgehead atoms. The molecule has 2 heterocycles. The van der Waals surface area contributed by atoms with Crippen molar-refractivity contribution < 1.29 is 14.3 Å². The minimum absolute atomic E-state index is 0.0591. The van der Waals surface area contributed by atoms with E-state index in [-0.39, 0.29) is 18.6 Å². The third kappa shape index (κ3) is 4.14. The van der Waals surface area contributed by atoms with Gasteiger partial charge in [0.1, 0.15) is 18.2 Å². The topological polar surface area (TPSA) is 65.4 Å². The predicted octanol–water partition coefficient (Wildman–Crippen LogP) is 1.85. The first-order valence-electron chi connectivity index (χ1n) is 8.16. The molecule has 0 spiro atoms. The normalized spacial score (nSPS) is 16.5. The van der Waals surface area contributed by atoms with Gasteiger partial charge >= 0.3 is 0 Å². The summed E-state index contributed by atoms with van der Waals surface area (Å²) in [5.74, 6) is 1.81. The van der Waals surface area contributed by atoms with Crippen LogP contribution in [-0.4, -0.2) is 35.2 Å². The summed E-state index contributed by atoms with van der Waals surface area (Å²) in [4.78, 5) is 16.5. The average Bonchev–Trinajstić information content (AvgIpc) is 2.94. The second kappa shape index (κ2) is 7.49. The van der Waals surface area contributed by atoms with Crippen molar-refractivity contribution in [1.29, 1.82) is 0 Å². The Balaban J connectivity index is 1.43. The van der Waals surface area contributed by atoms with E-state index < -0.39 is 0 Å². The number of hydrogen-bond acceptors (Lipinski definition) is 4. The van der Waals surface area contributed by atoms with Crippen LogP contribution in [0.15, 0.2) is 30.5 Å². The molecule has 1 aliphatic heterocycles. The zero-order valence-corrected chi connectivity index (χ0v) is 14.1. The summed E-state index contributed by atoms with van der Waals surface area (Å²) in [5.41, 5.74) is 2.01. The lowest BCUT2D eigenvalue weighted by molar-refractivity contribution is -0.127.